The molecule has 1 saturated heterocycles. The summed E-state index contributed by atoms with van der Waals surface area (Å²) in [6.07, 6.45) is 6.94. The fraction of sp³-hybridized carbons (Fsp3) is 0.733. The summed E-state index contributed by atoms with van der Waals surface area (Å²) in [5.41, 5.74) is 0. The minimum atomic E-state index is -0.853. The van der Waals surface area contributed by atoms with Gasteiger partial charge in [-0.05, 0) is 39.8 Å². The van der Waals surface area contributed by atoms with E-state index >= 15 is 0 Å². The molecule has 5 heteroatoms. The van der Waals surface area contributed by atoms with Crippen LogP contribution in [0.25, 0.3) is 0 Å². The Bertz CT molecular complexity index is 406. The molecule has 5 nitrogen and oxygen atoms in total. The average Bonchev–Trinajstić information content (AvgIpc) is 2.46. The molecule has 0 radical (unpaired) electrons. The van der Waals surface area contributed by atoms with Gasteiger partial charge < -0.3 is 14.9 Å². The normalized spacial score (nSPS) is 30.6. The number of carbonyl (C=O) groups excluding carboxylic acids is 1. The van der Waals surface area contributed by atoms with Crippen molar-refractivity contribution in [2.75, 3.05) is 27.2 Å². The zero-order chi connectivity index (χ0) is 14.7. The summed E-state index contributed by atoms with van der Waals surface area (Å²) in [6.45, 7) is 1.48. The number of aliphatic carboxylic acids is 1. The lowest BCUT2D eigenvalue weighted by molar-refractivity contribution is -0.151. The lowest BCUT2D eigenvalue weighted by Crippen LogP contribution is -2.50. The first-order chi connectivity index (χ1) is 9.50. The van der Waals surface area contributed by atoms with E-state index in [1.165, 1.54) is 0 Å². The molecule has 20 heavy (non-hydrogen) atoms. The number of hydrogen-bond donors (Lipinski definition) is 1. The summed E-state index contributed by atoms with van der Waals surface area (Å²) < 4.78 is 0. The van der Waals surface area contributed by atoms with Crippen molar-refractivity contribution in [3.05, 3.63) is 12.2 Å². The maximum absolute atomic E-state index is 12.6. The quantitative estimate of drug-likeness (QED) is 0.789. The molecular formula is C15H24N2O3. The average molecular weight is 280 g/mol. The SMILES string of the molecule is CN(C)C1CCCN(C(=O)[C@@H]2CC=CC[C@@H]2C(=O)O)C1. The van der Waals surface area contributed by atoms with Gasteiger partial charge in [0.25, 0.3) is 0 Å². The molecule has 1 aliphatic heterocycles. The first-order valence-electron chi connectivity index (χ1n) is 7.33. The summed E-state index contributed by atoms with van der Waals surface area (Å²) in [4.78, 5) is 28.0. The Morgan fingerprint density at radius 2 is 1.85 bits per heavy atom. The van der Waals surface area contributed by atoms with Crippen molar-refractivity contribution < 1.29 is 14.7 Å². The first-order valence-corrected chi connectivity index (χ1v) is 7.33. The Labute approximate surface area is 120 Å². The number of rotatable bonds is 3. The highest BCUT2D eigenvalue weighted by Crippen LogP contribution is 2.29. The molecule has 1 N–H and O–H groups in total. The smallest absolute Gasteiger partial charge is 0.307 e. The number of carboxylic acids is 1. The van der Waals surface area contributed by atoms with E-state index in [-0.39, 0.29) is 5.91 Å². The Morgan fingerprint density at radius 1 is 1.20 bits per heavy atom. The Hall–Kier alpha value is -1.36. The Balaban J connectivity index is 2.05. The topological polar surface area (TPSA) is 60.9 Å². The molecule has 1 heterocycles. The van der Waals surface area contributed by atoms with E-state index in [1.54, 1.807) is 0 Å². The van der Waals surface area contributed by atoms with Crippen molar-refractivity contribution in [2.45, 2.75) is 31.7 Å². The second-order valence-electron chi connectivity index (χ2n) is 6.04. The van der Waals surface area contributed by atoms with Gasteiger partial charge in [0.05, 0.1) is 11.8 Å². The van der Waals surface area contributed by atoms with Crippen LogP contribution in [0.15, 0.2) is 12.2 Å². The molecule has 112 valence electrons. The van der Waals surface area contributed by atoms with Crippen LogP contribution in [-0.4, -0.2) is 60.0 Å². The number of carboxylic acid groups (broad SMARTS) is 1. The number of nitrogens with zero attached hydrogens (tertiary/aromatic N) is 2. The van der Waals surface area contributed by atoms with Gasteiger partial charge in [-0.25, -0.2) is 0 Å². The molecule has 1 fully saturated rings. The van der Waals surface area contributed by atoms with E-state index in [0.717, 1.165) is 25.9 Å². The monoisotopic (exact) mass is 280 g/mol. The lowest BCUT2D eigenvalue weighted by atomic mass is 9.81. The molecule has 1 unspecified atom stereocenters. The van der Waals surface area contributed by atoms with Crippen molar-refractivity contribution >= 4 is 11.9 Å². The Morgan fingerprint density at radius 3 is 2.45 bits per heavy atom. The molecular weight excluding hydrogens is 256 g/mol. The summed E-state index contributed by atoms with van der Waals surface area (Å²) >= 11 is 0. The number of amides is 1. The number of likely N-dealkylation sites (tertiary alicyclic amines) is 1. The van der Waals surface area contributed by atoms with Gasteiger partial charge in [0.1, 0.15) is 0 Å². The maximum atomic E-state index is 12.6. The van der Waals surface area contributed by atoms with Gasteiger partial charge in [-0.2, -0.15) is 0 Å². The fourth-order valence-corrected chi connectivity index (χ4v) is 3.17. The largest absolute Gasteiger partial charge is 0.481 e. The highest BCUT2D eigenvalue weighted by atomic mass is 16.4. The van der Waals surface area contributed by atoms with E-state index in [4.69, 9.17) is 0 Å². The molecule has 0 saturated carbocycles. The van der Waals surface area contributed by atoms with E-state index < -0.39 is 17.8 Å². The Kier molecular flexibility index (Phi) is 4.81. The van der Waals surface area contributed by atoms with Crippen molar-refractivity contribution in [3.8, 4) is 0 Å². The van der Waals surface area contributed by atoms with Gasteiger partial charge >= 0.3 is 5.97 Å². The van der Waals surface area contributed by atoms with E-state index in [2.05, 4.69) is 4.90 Å². The molecule has 1 amide bonds. The van der Waals surface area contributed by atoms with Crippen molar-refractivity contribution in [2.24, 2.45) is 11.8 Å². The van der Waals surface area contributed by atoms with Crippen LogP contribution in [0.4, 0.5) is 0 Å². The minimum absolute atomic E-state index is 0.0216. The van der Waals surface area contributed by atoms with Crippen LogP contribution >= 0.6 is 0 Å². The number of hydrogen-bond acceptors (Lipinski definition) is 3. The molecule has 0 aromatic heterocycles. The minimum Gasteiger partial charge on any atom is -0.481 e. The van der Waals surface area contributed by atoms with Crippen LogP contribution in [0.2, 0.25) is 0 Å². The molecule has 3 atom stereocenters. The molecule has 2 aliphatic rings. The van der Waals surface area contributed by atoms with Gasteiger partial charge in [-0.15, -0.1) is 0 Å². The predicted octanol–water partition coefficient (Wildman–Crippen LogP) is 1.21. The summed E-state index contributed by atoms with van der Waals surface area (Å²) in [6, 6.07) is 0.384. The van der Waals surface area contributed by atoms with E-state index in [0.29, 0.717) is 18.9 Å². The second kappa shape index (κ2) is 6.39. The van der Waals surface area contributed by atoms with E-state index in [9.17, 15) is 14.7 Å². The van der Waals surface area contributed by atoms with Crippen LogP contribution < -0.4 is 0 Å². The number of allylic oxidation sites excluding steroid dienone is 2. The third-order valence-electron chi connectivity index (χ3n) is 4.51. The van der Waals surface area contributed by atoms with Crippen molar-refractivity contribution in [1.29, 1.82) is 0 Å². The number of likely N-dealkylation sites (N-methyl/N-ethyl adjacent to an activating group) is 1. The van der Waals surface area contributed by atoms with Crippen LogP contribution in [-0.2, 0) is 9.59 Å². The summed E-state index contributed by atoms with van der Waals surface area (Å²) in [5.74, 6) is -1.78. The predicted molar refractivity (Wildman–Crippen MR) is 76.3 cm³/mol. The highest BCUT2D eigenvalue weighted by molar-refractivity contribution is 5.85. The fourth-order valence-electron chi connectivity index (χ4n) is 3.17. The molecule has 0 aromatic carbocycles. The zero-order valence-electron chi connectivity index (χ0n) is 12.3. The molecule has 0 spiro atoms. The van der Waals surface area contributed by atoms with Crippen LogP contribution in [0.1, 0.15) is 25.7 Å². The van der Waals surface area contributed by atoms with Gasteiger partial charge in [0, 0.05) is 19.1 Å². The van der Waals surface area contributed by atoms with Crippen molar-refractivity contribution in [1.82, 2.24) is 9.80 Å². The molecule has 0 aromatic rings. The standard InChI is InChI=1S/C15H24N2O3/c1-16(2)11-6-5-9-17(10-11)14(18)12-7-3-4-8-13(12)15(19)20/h3-4,11-13H,5-10H2,1-2H3,(H,19,20)/t11?,12-,13+/m1/s1. The first kappa shape index (κ1) is 15.0. The maximum Gasteiger partial charge on any atom is 0.307 e. The third-order valence-corrected chi connectivity index (χ3v) is 4.51. The summed E-state index contributed by atoms with van der Waals surface area (Å²) in [7, 11) is 4.06. The summed E-state index contributed by atoms with van der Waals surface area (Å²) in [5, 5.41) is 9.28. The third kappa shape index (κ3) is 3.20. The van der Waals surface area contributed by atoms with E-state index in [1.807, 2.05) is 31.1 Å². The second-order valence-corrected chi connectivity index (χ2v) is 6.04. The molecule has 1 aliphatic carbocycles. The number of piperidine rings is 1. The van der Waals surface area contributed by atoms with Crippen LogP contribution in [0.5, 0.6) is 0 Å². The van der Waals surface area contributed by atoms with Gasteiger partial charge in [0.15, 0.2) is 0 Å². The zero-order valence-corrected chi connectivity index (χ0v) is 12.3. The number of carbonyl (C=O) groups is 2. The van der Waals surface area contributed by atoms with Gasteiger partial charge in [0.2, 0.25) is 5.91 Å². The van der Waals surface area contributed by atoms with Crippen LogP contribution in [0, 0.1) is 11.8 Å². The van der Waals surface area contributed by atoms with Gasteiger partial charge in [-0.3, -0.25) is 9.59 Å². The molecule has 0 bridgehead atoms. The van der Waals surface area contributed by atoms with Gasteiger partial charge in [-0.1, -0.05) is 12.2 Å². The van der Waals surface area contributed by atoms with Crippen LogP contribution in [0.3, 0.4) is 0 Å². The molecule has 2 rings (SSSR count). The highest BCUT2D eigenvalue weighted by Gasteiger charge is 2.37. The van der Waals surface area contributed by atoms with Crippen molar-refractivity contribution in [3.63, 3.8) is 0 Å². The lowest BCUT2D eigenvalue weighted by Gasteiger charge is -2.38.